The Morgan fingerprint density at radius 3 is 2.50 bits per heavy atom. The van der Waals surface area contributed by atoms with Gasteiger partial charge in [0.15, 0.2) is 0 Å². The van der Waals surface area contributed by atoms with Crippen LogP contribution in [0.3, 0.4) is 0 Å². The molecular formula is C11H18ClN3O. The number of nitrogen functional groups attached to an aromatic ring is 1. The molecule has 1 rings (SSSR count). The van der Waals surface area contributed by atoms with Crippen molar-refractivity contribution in [3.63, 3.8) is 0 Å². The third kappa shape index (κ3) is 3.00. The van der Waals surface area contributed by atoms with E-state index in [1.807, 2.05) is 13.8 Å². The Bertz CT molecular complexity index is 325. The Morgan fingerprint density at radius 2 is 2.06 bits per heavy atom. The summed E-state index contributed by atoms with van der Waals surface area (Å²) in [5.41, 5.74) is 5.88. The molecule has 0 amide bonds. The molecule has 0 spiro atoms. The van der Waals surface area contributed by atoms with Gasteiger partial charge in [-0.15, -0.1) is 0 Å². The molecule has 0 bridgehead atoms. The largest absolute Gasteiger partial charge is 0.399 e. The standard InChI is InChI=1S/C11H18ClN3O/c1-3-11(4-2,7-16)15-10-6-8(13)5-9(12)14-10/h5-6,16H,3-4,7H2,1-2H3,(H3,13,14,15). The molecule has 0 radical (unpaired) electrons. The van der Waals surface area contributed by atoms with Gasteiger partial charge in [-0.2, -0.15) is 0 Å². The smallest absolute Gasteiger partial charge is 0.133 e. The molecule has 0 aliphatic rings. The third-order valence-corrected chi connectivity index (χ3v) is 3.06. The maximum Gasteiger partial charge on any atom is 0.133 e. The minimum atomic E-state index is -0.357. The molecule has 1 aromatic rings. The Morgan fingerprint density at radius 1 is 1.44 bits per heavy atom. The van der Waals surface area contributed by atoms with Crippen LogP contribution in [-0.2, 0) is 0 Å². The van der Waals surface area contributed by atoms with Gasteiger partial charge in [-0.1, -0.05) is 25.4 Å². The molecule has 0 saturated carbocycles. The lowest BCUT2D eigenvalue weighted by Gasteiger charge is -2.31. The summed E-state index contributed by atoms with van der Waals surface area (Å²) in [5.74, 6) is 0.600. The number of hydrogen-bond acceptors (Lipinski definition) is 4. The van der Waals surface area contributed by atoms with Crippen molar-refractivity contribution in [2.24, 2.45) is 0 Å². The van der Waals surface area contributed by atoms with Crippen molar-refractivity contribution in [1.29, 1.82) is 0 Å². The molecule has 0 aromatic carbocycles. The van der Waals surface area contributed by atoms with Crippen LogP contribution in [0.5, 0.6) is 0 Å². The van der Waals surface area contributed by atoms with Crippen LogP contribution in [0.2, 0.25) is 5.15 Å². The number of anilines is 2. The number of aromatic nitrogens is 1. The molecule has 4 nitrogen and oxygen atoms in total. The average molecular weight is 244 g/mol. The van der Waals surface area contributed by atoms with Gasteiger partial charge >= 0.3 is 0 Å². The minimum absolute atomic E-state index is 0.0497. The lowest BCUT2D eigenvalue weighted by atomic mass is 9.94. The van der Waals surface area contributed by atoms with Crippen LogP contribution in [0.4, 0.5) is 11.5 Å². The van der Waals surface area contributed by atoms with Gasteiger partial charge in [0.1, 0.15) is 11.0 Å². The predicted octanol–water partition coefficient (Wildman–Crippen LogP) is 2.28. The van der Waals surface area contributed by atoms with Crippen molar-refractivity contribution in [2.45, 2.75) is 32.2 Å². The number of hydrogen-bond donors (Lipinski definition) is 3. The van der Waals surface area contributed by atoms with Crippen LogP contribution in [-0.4, -0.2) is 22.2 Å². The van der Waals surface area contributed by atoms with Crippen LogP contribution in [0, 0.1) is 0 Å². The molecular weight excluding hydrogens is 226 g/mol. The fraction of sp³-hybridized carbons (Fsp3) is 0.545. The molecule has 1 heterocycles. The number of pyridine rings is 1. The normalized spacial score (nSPS) is 11.5. The molecule has 0 atom stereocenters. The van der Waals surface area contributed by atoms with Crippen LogP contribution in [0.15, 0.2) is 12.1 Å². The van der Waals surface area contributed by atoms with Crippen molar-refractivity contribution in [1.82, 2.24) is 4.98 Å². The van der Waals surface area contributed by atoms with Gasteiger partial charge in [-0.25, -0.2) is 4.98 Å². The number of aliphatic hydroxyl groups excluding tert-OH is 1. The molecule has 0 fully saturated rings. The van der Waals surface area contributed by atoms with Crippen LogP contribution < -0.4 is 11.1 Å². The zero-order chi connectivity index (χ0) is 12.2. The van der Waals surface area contributed by atoms with E-state index in [-0.39, 0.29) is 12.1 Å². The van der Waals surface area contributed by atoms with Gasteiger partial charge in [0.2, 0.25) is 0 Å². The zero-order valence-corrected chi connectivity index (χ0v) is 10.4. The van der Waals surface area contributed by atoms with Gasteiger partial charge in [-0.05, 0) is 18.9 Å². The zero-order valence-electron chi connectivity index (χ0n) is 9.63. The van der Waals surface area contributed by atoms with Gasteiger partial charge in [-0.3, -0.25) is 0 Å². The van der Waals surface area contributed by atoms with Crippen LogP contribution in [0.25, 0.3) is 0 Å². The number of halogens is 1. The molecule has 0 aliphatic carbocycles. The SMILES string of the molecule is CCC(CC)(CO)Nc1cc(N)cc(Cl)n1. The summed E-state index contributed by atoms with van der Waals surface area (Å²) in [6, 6.07) is 3.30. The molecule has 90 valence electrons. The first-order valence-electron chi connectivity index (χ1n) is 5.37. The Labute approximate surface area is 101 Å². The Hall–Kier alpha value is -1.00. The van der Waals surface area contributed by atoms with Gasteiger partial charge in [0, 0.05) is 11.8 Å². The molecule has 4 N–H and O–H groups in total. The second-order valence-corrected chi connectivity index (χ2v) is 4.27. The number of nitrogens with one attached hydrogen (secondary N) is 1. The highest BCUT2D eigenvalue weighted by molar-refractivity contribution is 6.29. The topological polar surface area (TPSA) is 71.2 Å². The van der Waals surface area contributed by atoms with E-state index in [9.17, 15) is 5.11 Å². The number of rotatable bonds is 5. The molecule has 0 aliphatic heterocycles. The second kappa shape index (κ2) is 5.37. The van der Waals surface area contributed by atoms with Gasteiger partial charge in [0.05, 0.1) is 12.1 Å². The molecule has 1 aromatic heterocycles. The van der Waals surface area contributed by atoms with Crippen molar-refractivity contribution < 1.29 is 5.11 Å². The van der Waals surface area contributed by atoms with E-state index < -0.39 is 0 Å². The maximum atomic E-state index is 9.42. The van der Waals surface area contributed by atoms with E-state index in [1.165, 1.54) is 0 Å². The summed E-state index contributed by atoms with van der Waals surface area (Å²) in [7, 11) is 0. The van der Waals surface area contributed by atoms with E-state index in [2.05, 4.69) is 10.3 Å². The van der Waals surface area contributed by atoms with Crippen molar-refractivity contribution in [3.05, 3.63) is 17.3 Å². The quantitative estimate of drug-likeness (QED) is 0.694. The summed E-state index contributed by atoms with van der Waals surface area (Å²) < 4.78 is 0. The first-order valence-corrected chi connectivity index (χ1v) is 5.75. The highest BCUT2D eigenvalue weighted by Crippen LogP contribution is 2.23. The lowest BCUT2D eigenvalue weighted by molar-refractivity contribution is 0.202. The highest BCUT2D eigenvalue weighted by atomic mass is 35.5. The Kier molecular flexibility index (Phi) is 4.38. The number of nitrogens with zero attached hydrogens (tertiary/aromatic N) is 1. The second-order valence-electron chi connectivity index (χ2n) is 3.88. The number of aliphatic hydroxyl groups is 1. The summed E-state index contributed by atoms with van der Waals surface area (Å²) in [6.07, 6.45) is 1.60. The lowest BCUT2D eigenvalue weighted by Crippen LogP contribution is -2.41. The van der Waals surface area contributed by atoms with E-state index in [0.29, 0.717) is 16.7 Å². The molecule has 0 saturated heterocycles. The average Bonchev–Trinajstić information content (AvgIpc) is 2.25. The monoisotopic (exact) mass is 243 g/mol. The van der Waals surface area contributed by atoms with E-state index in [0.717, 1.165) is 12.8 Å². The highest BCUT2D eigenvalue weighted by Gasteiger charge is 2.25. The summed E-state index contributed by atoms with van der Waals surface area (Å²) in [5, 5.41) is 13.0. The molecule has 0 unspecified atom stereocenters. The van der Waals surface area contributed by atoms with Crippen molar-refractivity contribution in [2.75, 3.05) is 17.7 Å². The van der Waals surface area contributed by atoms with E-state index in [1.54, 1.807) is 12.1 Å². The van der Waals surface area contributed by atoms with Crippen LogP contribution >= 0.6 is 11.6 Å². The molecule has 5 heteroatoms. The summed E-state index contributed by atoms with van der Waals surface area (Å²) in [4.78, 5) is 4.13. The predicted molar refractivity (Wildman–Crippen MR) is 67.7 cm³/mol. The summed E-state index contributed by atoms with van der Waals surface area (Å²) in [6.45, 7) is 4.08. The first kappa shape index (κ1) is 13.1. The maximum absolute atomic E-state index is 9.42. The van der Waals surface area contributed by atoms with Crippen molar-refractivity contribution >= 4 is 23.1 Å². The van der Waals surface area contributed by atoms with E-state index >= 15 is 0 Å². The first-order chi connectivity index (χ1) is 7.55. The third-order valence-electron chi connectivity index (χ3n) is 2.87. The fourth-order valence-corrected chi connectivity index (χ4v) is 1.76. The molecule has 16 heavy (non-hydrogen) atoms. The minimum Gasteiger partial charge on any atom is -0.399 e. The van der Waals surface area contributed by atoms with Crippen LogP contribution in [0.1, 0.15) is 26.7 Å². The van der Waals surface area contributed by atoms with Gasteiger partial charge in [0.25, 0.3) is 0 Å². The van der Waals surface area contributed by atoms with Gasteiger partial charge < -0.3 is 16.2 Å². The van der Waals surface area contributed by atoms with Crippen molar-refractivity contribution in [3.8, 4) is 0 Å². The fourth-order valence-electron chi connectivity index (χ4n) is 1.54. The Balaban J connectivity index is 2.93. The summed E-state index contributed by atoms with van der Waals surface area (Å²) >= 11 is 5.81. The van der Waals surface area contributed by atoms with E-state index in [4.69, 9.17) is 17.3 Å². The number of nitrogens with two attached hydrogens (primary N) is 1.